The van der Waals surface area contributed by atoms with Crippen molar-refractivity contribution >= 4 is 22.9 Å². The van der Waals surface area contributed by atoms with Crippen molar-refractivity contribution in [2.45, 2.75) is 12.5 Å². The minimum Gasteiger partial charge on any atom is -0.467 e. The van der Waals surface area contributed by atoms with Crippen LogP contribution in [-0.4, -0.2) is 31.5 Å². The maximum absolute atomic E-state index is 8.62. The Morgan fingerprint density at radius 3 is 2.90 bits per heavy atom. The highest BCUT2D eigenvalue weighted by molar-refractivity contribution is 7.16. The monoisotopic (exact) mass is 315 g/mol. The summed E-state index contributed by atoms with van der Waals surface area (Å²) < 4.78 is 11.5. The third-order valence-electron chi connectivity index (χ3n) is 2.76. The molecule has 1 atom stereocenters. The van der Waals surface area contributed by atoms with Crippen LogP contribution in [0.3, 0.4) is 0 Å². The molecule has 0 saturated heterocycles. The lowest BCUT2D eigenvalue weighted by molar-refractivity contribution is 0.0904. The topological polar surface area (TPSA) is 54.6 Å². The number of aliphatic hydroxyl groups excluding tert-OH is 1. The molecule has 6 heteroatoms. The average Bonchev–Trinajstić information content (AvgIpc) is 3.10. The normalized spacial score (nSPS) is 12.7. The fourth-order valence-corrected chi connectivity index (χ4v) is 3.01. The van der Waals surface area contributed by atoms with Gasteiger partial charge in [0.2, 0.25) is 0 Å². The molecule has 0 fully saturated rings. The summed E-state index contributed by atoms with van der Waals surface area (Å²) >= 11 is 7.55. The predicted octanol–water partition coefficient (Wildman–Crippen LogP) is 3.07. The lowest BCUT2D eigenvalue weighted by Gasteiger charge is -2.15. The summed E-state index contributed by atoms with van der Waals surface area (Å²) in [6.45, 7) is 1.88. The first-order valence-corrected chi connectivity index (χ1v) is 7.71. The van der Waals surface area contributed by atoms with E-state index in [1.165, 1.54) is 0 Å². The smallest absolute Gasteiger partial charge is 0.126 e. The summed E-state index contributed by atoms with van der Waals surface area (Å²) in [5, 5.41) is 12.1. The van der Waals surface area contributed by atoms with Crippen molar-refractivity contribution in [3.05, 3.63) is 45.5 Å². The van der Waals surface area contributed by atoms with Gasteiger partial charge in [-0.15, -0.1) is 11.3 Å². The van der Waals surface area contributed by atoms with E-state index in [4.69, 9.17) is 25.9 Å². The van der Waals surface area contributed by atoms with Gasteiger partial charge in [0.15, 0.2) is 0 Å². The predicted molar refractivity (Wildman–Crippen MR) is 80.4 cm³/mol. The molecule has 0 saturated carbocycles. The van der Waals surface area contributed by atoms with E-state index in [2.05, 4.69) is 5.32 Å². The number of furan rings is 1. The fourth-order valence-electron chi connectivity index (χ4n) is 1.87. The Labute approximate surface area is 127 Å². The van der Waals surface area contributed by atoms with Crippen molar-refractivity contribution in [2.75, 3.05) is 26.4 Å². The van der Waals surface area contributed by atoms with E-state index < -0.39 is 0 Å². The van der Waals surface area contributed by atoms with Crippen LogP contribution in [0.2, 0.25) is 4.34 Å². The van der Waals surface area contributed by atoms with E-state index in [-0.39, 0.29) is 12.6 Å². The van der Waals surface area contributed by atoms with Gasteiger partial charge in [0, 0.05) is 11.5 Å². The van der Waals surface area contributed by atoms with E-state index in [1.807, 2.05) is 24.3 Å². The van der Waals surface area contributed by atoms with Crippen LogP contribution in [0, 0.1) is 0 Å². The second-order valence-corrected chi connectivity index (χ2v) is 5.98. The van der Waals surface area contributed by atoms with E-state index >= 15 is 0 Å². The number of ether oxygens (including phenoxy) is 1. The molecule has 2 heterocycles. The van der Waals surface area contributed by atoms with Gasteiger partial charge < -0.3 is 19.6 Å². The van der Waals surface area contributed by atoms with E-state index in [9.17, 15) is 0 Å². The molecule has 2 aromatic rings. The van der Waals surface area contributed by atoms with E-state index in [0.29, 0.717) is 13.2 Å². The Morgan fingerprint density at radius 2 is 2.25 bits per heavy atom. The van der Waals surface area contributed by atoms with Crippen molar-refractivity contribution in [2.24, 2.45) is 0 Å². The molecule has 0 aliphatic carbocycles. The second kappa shape index (κ2) is 8.44. The highest BCUT2D eigenvalue weighted by Crippen LogP contribution is 2.31. The maximum Gasteiger partial charge on any atom is 0.126 e. The molecule has 0 aliphatic heterocycles. The zero-order chi connectivity index (χ0) is 14.2. The van der Waals surface area contributed by atoms with Crippen molar-refractivity contribution in [3.63, 3.8) is 0 Å². The minimum atomic E-state index is 0.0142. The Morgan fingerprint density at radius 1 is 1.35 bits per heavy atom. The number of hydrogen-bond donors (Lipinski definition) is 2. The average molecular weight is 316 g/mol. The summed E-state index contributed by atoms with van der Waals surface area (Å²) in [4.78, 5) is 1.13. The van der Waals surface area contributed by atoms with Gasteiger partial charge in [-0.25, -0.2) is 0 Å². The second-order valence-electron chi connectivity index (χ2n) is 4.23. The Balaban J connectivity index is 1.88. The molecule has 4 nitrogen and oxygen atoms in total. The van der Waals surface area contributed by atoms with Crippen LogP contribution in [0.5, 0.6) is 0 Å². The van der Waals surface area contributed by atoms with Gasteiger partial charge in [0.1, 0.15) is 11.8 Å². The molecule has 0 amide bonds. The lowest BCUT2D eigenvalue weighted by Crippen LogP contribution is -2.23. The molecule has 0 spiro atoms. The number of aliphatic hydroxyl groups is 1. The quantitative estimate of drug-likeness (QED) is 0.698. The van der Waals surface area contributed by atoms with Crippen LogP contribution < -0.4 is 5.32 Å². The Hall–Kier alpha value is -0.850. The molecule has 110 valence electrons. The first-order chi connectivity index (χ1) is 9.81. The summed E-state index contributed by atoms with van der Waals surface area (Å²) in [7, 11) is 0. The summed E-state index contributed by atoms with van der Waals surface area (Å²) in [6, 6.07) is 7.75. The number of halogens is 1. The van der Waals surface area contributed by atoms with Gasteiger partial charge >= 0.3 is 0 Å². The van der Waals surface area contributed by atoms with Crippen LogP contribution in [0.25, 0.3) is 0 Å². The molecule has 2 rings (SSSR count). The summed E-state index contributed by atoms with van der Waals surface area (Å²) in [5.41, 5.74) is 0. The van der Waals surface area contributed by atoms with Gasteiger partial charge in [-0.3, -0.25) is 0 Å². The van der Waals surface area contributed by atoms with Crippen molar-refractivity contribution < 1.29 is 14.3 Å². The number of rotatable bonds is 9. The molecule has 0 aliphatic rings. The molecule has 20 heavy (non-hydrogen) atoms. The molecule has 0 aromatic carbocycles. The fraction of sp³-hybridized carbons (Fsp3) is 0.429. The molecule has 0 bridgehead atoms. The van der Waals surface area contributed by atoms with Crippen LogP contribution in [-0.2, 0) is 4.74 Å². The van der Waals surface area contributed by atoms with E-state index in [0.717, 1.165) is 27.9 Å². The number of nitrogens with one attached hydrogen (secondary N) is 1. The zero-order valence-electron chi connectivity index (χ0n) is 11.0. The highest BCUT2D eigenvalue weighted by Gasteiger charge is 2.17. The zero-order valence-corrected chi connectivity index (χ0v) is 12.6. The lowest BCUT2D eigenvalue weighted by atomic mass is 10.2. The molecule has 0 radical (unpaired) electrons. The molecule has 2 aromatic heterocycles. The molecule has 2 N–H and O–H groups in total. The highest BCUT2D eigenvalue weighted by atomic mass is 35.5. The van der Waals surface area contributed by atoms with Gasteiger partial charge in [0.05, 0.1) is 23.8 Å². The molecular formula is C14H18ClNO3S. The van der Waals surface area contributed by atoms with E-state index in [1.54, 1.807) is 17.6 Å². The maximum atomic E-state index is 8.62. The third-order valence-corrected chi connectivity index (χ3v) is 4.05. The van der Waals surface area contributed by atoms with Crippen LogP contribution in [0.4, 0.5) is 0 Å². The minimum absolute atomic E-state index is 0.0142. The van der Waals surface area contributed by atoms with Crippen molar-refractivity contribution in [3.8, 4) is 0 Å². The standard InChI is InChI=1S/C14H18ClNO3S/c15-13-5-4-12(20-13)14(11-3-1-9-19-11)16-6-2-8-18-10-7-17/h1,3-5,9,14,16-17H,2,6-8,10H2. The third kappa shape index (κ3) is 4.61. The Bertz CT molecular complexity index is 486. The van der Waals surface area contributed by atoms with Crippen molar-refractivity contribution in [1.82, 2.24) is 5.32 Å². The molecule has 1 unspecified atom stereocenters. The van der Waals surface area contributed by atoms with Gasteiger partial charge in [-0.2, -0.15) is 0 Å². The molecular weight excluding hydrogens is 298 g/mol. The number of hydrogen-bond acceptors (Lipinski definition) is 5. The van der Waals surface area contributed by atoms with Crippen LogP contribution in [0.1, 0.15) is 23.1 Å². The summed E-state index contributed by atoms with van der Waals surface area (Å²) in [6.07, 6.45) is 2.54. The van der Waals surface area contributed by atoms with Gasteiger partial charge in [-0.1, -0.05) is 11.6 Å². The van der Waals surface area contributed by atoms with Crippen LogP contribution in [0.15, 0.2) is 34.9 Å². The van der Waals surface area contributed by atoms with Gasteiger partial charge in [0.25, 0.3) is 0 Å². The van der Waals surface area contributed by atoms with Crippen molar-refractivity contribution in [1.29, 1.82) is 0 Å². The van der Waals surface area contributed by atoms with Crippen LogP contribution >= 0.6 is 22.9 Å². The number of thiophene rings is 1. The Kier molecular flexibility index (Phi) is 6.56. The SMILES string of the molecule is OCCOCCCNC(c1ccco1)c1ccc(Cl)s1. The largest absolute Gasteiger partial charge is 0.467 e. The summed E-state index contributed by atoms with van der Waals surface area (Å²) in [5.74, 6) is 0.875. The first-order valence-electron chi connectivity index (χ1n) is 6.52. The first kappa shape index (κ1) is 15.5. The van der Waals surface area contributed by atoms with Gasteiger partial charge in [-0.05, 0) is 37.2 Å².